The van der Waals surface area contributed by atoms with E-state index in [2.05, 4.69) is 57.2 Å². The first-order valence-electron chi connectivity index (χ1n) is 26.5. The van der Waals surface area contributed by atoms with Crippen LogP contribution in [-0.2, 0) is 28.6 Å². The average Bonchev–Trinajstić information content (AvgIpc) is 3.26. The van der Waals surface area contributed by atoms with Crippen LogP contribution in [0, 0.1) is 0 Å². The maximum Gasteiger partial charge on any atom is 0.306 e. The minimum Gasteiger partial charge on any atom is -0.462 e. The monoisotopic (exact) mass is 857 g/mol. The lowest BCUT2D eigenvalue weighted by molar-refractivity contribution is -0.167. The molecule has 61 heavy (non-hydrogen) atoms. The quantitative estimate of drug-likeness (QED) is 0.0262. The number of hydrogen-bond donors (Lipinski definition) is 0. The molecule has 0 spiro atoms. The number of unbranched alkanes of at least 4 members (excludes halogenated alkanes) is 31. The molecule has 0 aromatic heterocycles. The van der Waals surface area contributed by atoms with Crippen molar-refractivity contribution in [2.45, 2.75) is 284 Å². The van der Waals surface area contributed by atoms with Crippen LogP contribution in [-0.4, -0.2) is 37.2 Å². The summed E-state index contributed by atoms with van der Waals surface area (Å²) in [5, 5.41) is 0. The molecule has 0 aliphatic rings. The van der Waals surface area contributed by atoms with Gasteiger partial charge in [0.25, 0.3) is 0 Å². The normalized spacial score (nSPS) is 12.2. The van der Waals surface area contributed by atoms with Crippen LogP contribution in [0.5, 0.6) is 0 Å². The molecule has 0 radical (unpaired) electrons. The zero-order valence-electron chi connectivity index (χ0n) is 40.7. The van der Waals surface area contributed by atoms with Gasteiger partial charge in [-0.2, -0.15) is 0 Å². The Labute approximate surface area is 378 Å². The predicted molar refractivity (Wildman–Crippen MR) is 261 cm³/mol. The van der Waals surface area contributed by atoms with E-state index in [0.29, 0.717) is 19.3 Å². The zero-order valence-corrected chi connectivity index (χ0v) is 40.7. The Morgan fingerprint density at radius 1 is 0.328 bits per heavy atom. The Bertz CT molecular complexity index is 1030. The van der Waals surface area contributed by atoms with Gasteiger partial charge in [0.05, 0.1) is 0 Å². The summed E-state index contributed by atoms with van der Waals surface area (Å²) in [4.78, 5) is 38.0. The fraction of sp³-hybridized carbons (Fsp3) is 0.836. The molecule has 0 rings (SSSR count). The second-order valence-electron chi connectivity index (χ2n) is 17.8. The summed E-state index contributed by atoms with van der Waals surface area (Å²) in [6.07, 6.45) is 58.4. The van der Waals surface area contributed by atoms with Crippen molar-refractivity contribution in [3.05, 3.63) is 36.5 Å². The maximum absolute atomic E-state index is 12.8. The zero-order chi connectivity index (χ0) is 44.4. The predicted octanol–water partition coefficient (Wildman–Crippen LogP) is 17.3. The van der Waals surface area contributed by atoms with Gasteiger partial charge in [-0.25, -0.2) is 0 Å². The molecule has 1 atom stereocenters. The summed E-state index contributed by atoms with van der Waals surface area (Å²) in [7, 11) is 0. The van der Waals surface area contributed by atoms with E-state index in [4.69, 9.17) is 14.2 Å². The van der Waals surface area contributed by atoms with Crippen molar-refractivity contribution in [3.63, 3.8) is 0 Å². The van der Waals surface area contributed by atoms with Crippen molar-refractivity contribution >= 4 is 17.9 Å². The van der Waals surface area contributed by atoms with Crippen molar-refractivity contribution in [1.29, 1.82) is 0 Å². The van der Waals surface area contributed by atoms with Gasteiger partial charge in [-0.05, 0) is 57.8 Å². The number of rotatable bonds is 48. The molecule has 0 saturated heterocycles. The largest absolute Gasteiger partial charge is 0.462 e. The van der Waals surface area contributed by atoms with Crippen molar-refractivity contribution < 1.29 is 28.6 Å². The van der Waals surface area contributed by atoms with Gasteiger partial charge < -0.3 is 14.2 Å². The van der Waals surface area contributed by atoms with Gasteiger partial charge in [0.15, 0.2) is 6.10 Å². The lowest BCUT2D eigenvalue weighted by Crippen LogP contribution is -2.30. The van der Waals surface area contributed by atoms with Gasteiger partial charge in [0, 0.05) is 19.3 Å². The van der Waals surface area contributed by atoms with Crippen molar-refractivity contribution in [2.75, 3.05) is 13.2 Å². The second-order valence-corrected chi connectivity index (χ2v) is 17.8. The van der Waals surface area contributed by atoms with Gasteiger partial charge in [-0.15, -0.1) is 0 Å². The SMILES string of the molecule is CCCCC/C=C\C/C=C\C/C=C\CCCCC(=O)OC[C@H](COC(=O)CCCCCCCCCCCCCCC)OC(=O)CCCCCCCCCCCCCCCCC. The molecule has 0 bridgehead atoms. The molecule has 0 saturated carbocycles. The number of ether oxygens (including phenoxy) is 3. The Morgan fingerprint density at radius 2 is 0.590 bits per heavy atom. The Kier molecular flexibility index (Phi) is 48.3. The number of hydrogen-bond acceptors (Lipinski definition) is 6. The highest BCUT2D eigenvalue weighted by Gasteiger charge is 2.19. The van der Waals surface area contributed by atoms with Gasteiger partial charge in [-0.3, -0.25) is 14.4 Å². The van der Waals surface area contributed by atoms with Crippen LogP contribution < -0.4 is 0 Å². The van der Waals surface area contributed by atoms with E-state index in [0.717, 1.165) is 70.6 Å². The van der Waals surface area contributed by atoms with Crippen molar-refractivity contribution in [1.82, 2.24) is 0 Å². The van der Waals surface area contributed by atoms with Crippen molar-refractivity contribution in [2.24, 2.45) is 0 Å². The highest BCUT2D eigenvalue weighted by Crippen LogP contribution is 2.16. The van der Waals surface area contributed by atoms with Crippen LogP contribution in [0.1, 0.15) is 278 Å². The van der Waals surface area contributed by atoms with E-state index in [1.807, 2.05) is 0 Å². The van der Waals surface area contributed by atoms with Crippen LogP contribution in [0.15, 0.2) is 36.5 Å². The lowest BCUT2D eigenvalue weighted by atomic mass is 10.0. The molecule has 0 aromatic rings. The highest BCUT2D eigenvalue weighted by molar-refractivity contribution is 5.71. The fourth-order valence-electron chi connectivity index (χ4n) is 7.63. The molecule has 0 aromatic carbocycles. The van der Waals surface area contributed by atoms with Gasteiger partial charge in [0.2, 0.25) is 0 Å². The molecule has 0 unspecified atom stereocenters. The summed E-state index contributed by atoms with van der Waals surface area (Å²) in [5.74, 6) is -0.906. The topological polar surface area (TPSA) is 78.9 Å². The molecule has 356 valence electrons. The Balaban J connectivity index is 4.40. The summed E-state index contributed by atoms with van der Waals surface area (Å²) >= 11 is 0. The summed E-state index contributed by atoms with van der Waals surface area (Å²) in [6, 6.07) is 0. The second kappa shape index (κ2) is 50.3. The van der Waals surface area contributed by atoms with Crippen LogP contribution in [0.3, 0.4) is 0 Å². The standard InChI is InChI=1S/C55H100O6/c1-4-7-10-13-16-19-22-25-27-30-33-36-39-42-45-48-54(57)60-51-52(50-59-53(56)47-44-41-38-35-32-29-24-21-18-15-12-9-6-3)61-55(58)49-46-43-40-37-34-31-28-26-23-20-17-14-11-8-5-2/h16,19,25,27,33,36,52H,4-15,17-18,20-24,26,28-32,34-35,37-51H2,1-3H3/b19-16-,27-25-,36-33-/t52-/m0/s1. The minimum atomic E-state index is -0.782. The fourth-order valence-corrected chi connectivity index (χ4v) is 7.63. The summed E-state index contributed by atoms with van der Waals surface area (Å²) in [6.45, 7) is 6.60. The molecule has 6 nitrogen and oxygen atoms in total. The molecule has 0 aliphatic carbocycles. The van der Waals surface area contributed by atoms with Gasteiger partial charge >= 0.3 is 17.9 Å². The van der Waals surface area contributed by atoms with Crippen LogP contribution in [0.2, 0.25) is 0 Å². The molecular formula is C55H100O6. The first-order valence-corrected chi connectivity index (χ1v) is 26.5. The van der Waals surface area contributed by atoms with E-state index in [9.17, 15) is 14.4 Å². The molecule has 0 heterocycles. The lowest BCUT2D eigenvalue weighted by Gasteiger charge is -2.18. The van der Waals surface area contributed by atoms with Crippen LogP contribution in [0.4, 0.5) is 0 Å². The smallest absolute Gasteiger partial charge is 0.306 e. The Hall–Kier alpha value is -2.37. The number of carbonyl (C=O) groups excluding carboxylic acids is 3. The van der Waals surface area contributed by atoms with E-state index in [1.54, 1.807) is 0 Å². The summed E-state index contributed by atoms with van der Waals surface area (Å²) in [5.41, 5.74) is 0. The van der Waals surface area contributed by atoms with Gasteiger partial charge in [0.1, 0.15) is 13.2 Å². The number of carbonyl (C=O) groups is 3. The van der Waals surface area contributed by atoms with Gasteiger partial charge in [-0.1, -0.05) is 237 Å². The van der Waals surface area contributed by atoms with Crippen molar-refractivity contribution in [3.8, 4) is 0 Å². The number of esters is 3. The average molecular weight is 857 g/mol. The first-order chi connectivity index (χ1) is 30.0. The molecule has 6 heteroatoms. The Morgan fingerprint density at radius 3 is 0.951 bits per heavy atom. The highest BCUT2D eigenvalue weighted by atomic mass is 16.6. The van der Waals surface area contributed by atoms with E-state index >= 15 is 0 Å². The molecule has 0 fully saturated rings. The third kappa shape index (κ3) is 48.5. The van der Waals surface area contributed by atoms with E-state index in [-0.39, 0.29) is 31.1 Å². The molecular weight excluding hydrogens is 757 g/mol. The third-order valence-electron chi connectivity index (χ3n) is 11.6. The first kappa shape index (κ1) is 58.6. The van der Waals surface area contributed by atoms with Crippen LogP contribution in [0.25, 0.3) is 0 Å². The molecule has 0 aliphatic heterocycles. The van der Waals surface area contributed by atoms with E-state index < -0.39 is 6.10 Å². The van der Waals surface area contributed by atoms with E-state index in [1.165, 1.54) is 167 Å². The minimum absolute atomic E-state index is 0.0797. The van der Waals surface area contributed by atoms with Crippen LogP contribution >= 0.6 is 0 Å². The maximum atomic E-state index is 12.8. The number of allylic oxidation sites excluding steroid dienone is 6. The summed E-state index contributed by atoms with van der Waals surface area (Å²) < 4.78 is 16.8. The molecule has 0 N–H and O–H groups in total. The molecule has 0 amide bonds. The third-order valence-corrected chi connectivity index (χ3v) is 11.6.